The van der Waals surface area contributed by atoms with Gasteiger partial charge in [0.05, 0.1) is 4.92 Å². The van der Waals surface area contributed by atoms with Gasteiger partial charge in [0.1, 0.15) is 0 Å². The first-order valence-electron chi connectivity index (χ1n) is 8.29. The Labute approximate surface area is 151 Å². The van der Waals surface area contributed by atoms with E-state index in [9.17, 15) is 20.3 Å². The summed E-state index contributed by atoms with van der Waals surface area (Å²) in [5.74, 6) is -0.428. The molecule has 0 radical (unpaired) electrons. The highest BCUT2D eigenvalue weighted by Crippen LogP contribution is 2.31. The van der Waals surface area contributed by atoms with Crippen LogP contribution in [0.15, 0.2) is 95.5 Å². The molecule has 0 aromatic heterocycles. The summed E-state index contributed by atoms with van der Waals surface area (Å²) >= 11 is 0. The van der Waals surface area contributed by atoms with Gasteiger partial charge < -0.3 is 10.2 Å². The van der Waals surface area contributed by atoms with Crippen LogP contribution < -0.4 is 10.2 Å². The standard InChI is InChI=1S/C21H19NO4/c23-20(16-5-1-2-6-16)13-18(14-21(24)17-7-3-4-8-17)15-9-11-19(12-10-15)22(25)26/h1-12,18,23-24H,13-14H2/p-2. The predicted octanol–water partition coefficient (Wildman–Crippen LogP) is 2.94. The Morgan fingerprint density at radius 2 is 1.23 bits per heavy atom. The molecule has 26 heavy (non-hydrogen) atoms. The van der Waals surface area contributed by atoms with E-state index in [1.54, 1.807) is 60.7 Å². The smallest absolute Gasteiger partial charge is 0.269 e. The van der Waals surface area contributed by atoms with E-state index < -0.39 is 4.92 Å². The highest BCUT2D eigenvalue weighted by Gasteiger charge is 2.14. The lowest BCUT2D eigenvalue weighted by Crippen LogP contribution is -2.16. The molecular weight excluding hydrogens is 330 g/mol. The molecule has 0 bridgehead atoms. The molecule has 0 unspecified atom stereocenters. The van der Waals surface area contributed by atoms with Crippen molar-refractivity contribution in [3.8, 4) is 0 Å². The van der Waals surface area contributed by atoms with E-state index in [1.807, 2.05) is 0 Å². The first-order valence-corrected chi connectivity index (χ1v) is 8.29. The summed E-state index contributed by atoms with van der Waals surface area (Å²) in [6.07, 6.45) is 14.5. The lowest BCUT2D eigenvalue weighted by molar-refractivity contribution is -0.384. The Kier molecular flexibility index (Phi) is 5.17. The van der Waals surface area contributed by atoms with Gasteiger partial charge in [0.25, 0.3) is 5.69 Å². The molecular formula is C21H17NO4-2. The molecule has 0 heterocycles. The number of hydrogen-bond donors (Lipinski definition) is 0. The minimum Gasteiger partial charge on any atom is -0.875 e. The maximum Gasteiger partial charge on any atom is 0.269 e. The lowest BCUT2D eigenvalue weighted by Gasteiger charge is -2.27. The van der Waals surface area contributed by atoms with E-state index in [-0.39, 0.29) is 36.0 Å². The van der Waals surface area contributed by atoms with Gasteiger partial charge in [-0.3, -0.25) is 10.1 Å². The van der Waals surface area contributed by atoms with Crippen molar-refractivity contribution in [2.24, 2.45) is 0 Å². The zero-order valence-electron chi connectivity index (χ0n) is 14.0. The van der Waals surface area contributed by atoms with E-state index in [0.29, 0.717) is 11.1 Å². The van der Waals surface area contributed by atoms with Crippen molar-refractivity contribution in [1.82, 2.24) is 0 Å². The molecule has 1 aromatic rings. The van der Waals surface area contributed by atoms with Crippen molar-refractivity contribution >= 4 is 5.69 Å². The summed E-state index contributed by atoms with van der Waals surface area (Å²) in [5.41, 5.74) is 1.95. The van der Waals surface area contributed by atoms with E-state index in [4.69, 9.17) is 0 Å². The number of benzene rings is 1. The molecule has 5 nitrogen and oxygen atoms in total. The van der Waals surface area contributed by atoms with Gasteiger partial charge in [-0.15, -0.1) is 11.5 Å². The van der Waals surface area contributed by atoms with Gasteiger partial charge in [0.15, 0.2) is 0 Å². The highest BCUT2D eigenvalue weighted by molar-refractivity contribution is 5.44. The topological polar surface area (TPSA) is 89.3 Å². The monoisotopic (exact) mass is 347 g/mol. The maximum absolute atomic E-state index is 12.5. The Morgan fingerprint density at radius 3 is 1.62 bits per heavy atom. The predicted molar refractivity (Wildman–Crippen MR) is 95.7 cm³/mol. The Hall–Kier alpha value is -3.34. The Bertz CT molecular complexity index is 809. The van der Waals surface area contributed by atoms with Crippen molar-refractivity contribution < 1.29 is 15.1 Å². The average Bonchev–Trinajstić information content (AvgIpc) is 3.34. The number of allylic oxidation sites excluding steroid dienone is 12. The zero-order valence-corrected chi connectivity index (χ0v) is 14.0. The van der Waals surface area contributed by atoms with E-state index >= 15 is 0 Å². The van der Waals surface area contributed by atoms with Crippen LogP contribution in [0.1, 0.15) is 24.3 Å². The van der Waals surface area contributed by atoms with E-state index in [2.05, 4.69) is 0 Å². The largest absolute Gasteiger partial charge is 0.875 e. The summed E-state index contributed by atoms with van der Waals surface area (Å²) in [6.45, 7) is 0. The molecule has 2 aliphatic rings. The highest BCUT2D eigenvalue weighted by atomic mass is 16.6. The van der Waals surface area contributed by atoms with E-state index in [0.717, 1.165) is 5.56 Å². The van der Waals surface area contributed by atoms with Gasteiger partial charge in [-0.2, -0.15) is 0 Å². The third kappa shape index (κ3) is 4.00. The number of non-ortho nitro benzene ring substituents is 1. The van der Waals surface area contributed by atoms with Gasteiger partial charge in [-0.25, -0.2) is 0 Å². The average molecular weight is 347 g/mol. The van der Waals surface area contributed by atoms with Crippen LogP contribution in [0.2, 0.25) is 0 Å². The van der Waals surface area contributed by atoms with Crippen LogP contribution in [0.5, 0.6) is 0 Å². The van der Waals surface area contributed by atoms with Crippen molar-refractivity contribution in [3.05, 3.63) is 111 Å². The van der Waals surface area contributed by atoms with Crippen molar-refractivity contribution in [2.75, 3.05) is 0 Å². The number of nitro benzene ring substituents is 1. The molecule has 0 spiro atoms. The van der Waals surface area contributed by atoms with Gasteiger partial charge in [-0.1, -0.05) is 60.7 Å². The van der Waals surface area contributed by atoms with Crippen LogP contribution in [0, 0.1) is 10.1 Å². The molecule has 3 rings (SSSR count). The SMILES string of the molecule is O=[N+]([O-])c1ccc(C(CC([O-])=C2C=CC=C2)CC([O-])=C2C=CC=C2)cc1. The normalized spacial score (nSPS) is 14.7. The zero-order chi connectivity index (χ0) is 18.5. The summed E-state index contributed by atoms with van der Waals surface area (Å²) < 4.78 is 0. The number of nitro groups is 1. The van der Waals surface area contributed by atoms with Crippen molar-refractivity contribution in [3.63, 3.8) is 0 Å². The molecule has 0 amide bonds. The van der Waals surface area contributed by atoms with Crippen LogP contribution in [-0.4, -0.2) is 4.92 Å². The summed E-state index contributed by atoms with van der Waals surface area (Å²) in [7, 11) is 0. The van der Waals surface area contributed by atoms with Crippen LogP contribution >= 0.6 is 0 Å². The van der Waals surface area contributed by atoms with Gasteiger partial charge in [0.2, 0.25) is 0 Å². The Balaban J connectivity index is 1.89. The molecule has 0 saturated carbocycles. The summed E-state index contributed by atoms with van der Waals surface area (Å²) in [5, 5.41) is 35.9. The first kappa shape index (κ1) is 17.5. The fourth-order valence-electron chi connectivity index (χ4n) is 2.98. The quantitative estimate of drug-likeness (QED) is 0.449. The van der Waals surface area contributed by atoms with Crippen LogP contribution in [0.4, 0.5) is 5.69 Å². The lowest BCUT2D eigenvalue weighted by atomic mass is 9.89. The molecule has 132 valence electrons. The fraction of sp³-hybridized carbons (Fsp3) is 0.143. The van der Waals surface area contributed by atoms with Crippen LogP contribution in [-0.2, 0) is 0 Å². The molecule has 0 aliphatic heterocycles. The molecule has 1 aromatic carbocycles. The third-order valence-corrected chi connectivity index (χ3v) is 4.41. The molecule has 0 N–H and O–H groups in total. The van der Waals surface area contributed by atoms with Gasteiger partial charge in [0, 0.05) is 12.1 Å². The number of nitrogens with zero attached hydrogens (tertiary/aromatic N) is 1. The second-order valence-corrected chi connectivity index (χ2v) is 6.15. The second kappa shape index (κ2) is 7.70. The molecule has 0 saturated heterocycles. The fourth-order valence-corrected chi connectivity index (χ4v) is 2.98. The molecule has 0 atom stereocenters. The summed E-state index contributed by atoms with van der Waals surface area (Å²) in [6, 6.07) is 6.06. The van der Waals surface area contributed by atoms with Gasteiger partial charge in [-0.05, 0) is 35.5 Å². The Morgan fingerprint density at radius 1 is 0.808 bits per heavy atom. The van der Waals surface area contributed by atoms with Crippen molar-refractivity contribution in [2.45, 2.75) is 18.8 Å². The van der Waals surface area contributed by atoms with Crippen molar-refractivity contribution in [1.29, 1.82) is 0 Å². The molecule has 2 aliphatic carbocycles. The maximum atomic E-state index is 12.5. The minimum atomic E-state index is -0.469. The van der Waals surface area contributed by atoms with Crippen LogP contribution in [0.3, 0.4) is 0 Å². The minimum absolute atomic E-state index is 0.0165. The second-order valence-electron chi connectivity index (χ2n) is 6.15. The van der Waals surface area contributed by atoms with E-state index in [1.165, 1.54) is 12.1 Å². The molecule has 0 fully saturated rings. The first-order chi connectivity index (χ1) is 12.5. The molecule has 5 heteroatoms. The van der Waals surface area contributed by atoms with Crippen LogP contribution in [0.25, 0.3) is 0 Å². The van der Waals surface area contributed by atoms with Gasteiger partial charge >= 0.3 is 0 Å². The third-order valence-electron chi connectivity index (χ3n) is 4.41. The summed E-state index contributed by atoms with van der Waals surface area (Å²) in [4.78, 5) is 10.4. The number of rotatable bonds is 6. The number of hydrogen-bond acceptors (Lipinski definition) is 4.